The molecule has 0 N–H and O–H groups in total. The molecule has 0 aliphatic carbocycles. The van der Waals surface area contributed by atoms with E-state index in [2.05, 4.69) is 10.1 Å². The topological polar surface area (TPSA) is 106 Å². The summed E-state index contributed by atoms with van der Waals surface area (Å²) in [6.45, 7) is 1.22. The molecule has 0 atom stereocenters. The molecule has 2 aliphatic heterocycles. The number of para-hydroxylation sites is 1. The first-order valence-corrected chi connectivity index (χ1v) is 10.8. The highest BCUT2D eigenvalue weighted by Crippen LogP contribution is 2.31. The zero-order valence-electron chi connectivity index (χ0n) is 18.1. The first-order valence-electron chi connectivity index (χ1n) is 10.8. The van der Waals surface area contributed by atoms with E-state index in [0.717, 1.165) is 5.56 Å². The van der Waals surface area contributed by atoms with Crippen LogP contribution in [0.1, 0.15) is 45.4 Å². The fourth-order valence-electron chi connectivity index (χ4n) is 4.17. The molecule has 3 heterocycles. The Bertz CT molecular complexity index is 1200. The highest BCUT2D eigenvalue weighted by Gasteiger charge is 2.37. The van der Waals surface area contributed by atoms with Crippen LogP contribution in [-0.4, -0.2) is 64.4 Å². The summed E-state index contributed by atoms with van der Waals surface area (Å²) in [5, 5.41) is 4.05. The Morgan fingerprint density at radius 3 is 2.33 bits per heavy atom. The van der Waals surface area contributed by atoms with Crippen LogP contribution in [0.5, 0.6) is 5.75 Å². The molecule has 9 nitrogen and oxygen atoms in total. The normalized spacial score (nSPS) is 15.5. The largest absolute Gasteiger partial charge is 0.496 e. The van der Waals surface area contributed by atoms with Crippen molar-refractivity contribution in [1.29, 1.82) is 0 Å². The van der Waals surface area contributed by atoms with Gasteiger partial charge in [-0.25, -0.2) is 0 Å². The quantitative estimate of drug-likeness (QED) is 0.514. The summed E-state index contributed by atoms with van der Waals surface area (Å²) >= 11 is 0. The Morgan fingerprint density at radius 1 is 1.03 bits per heavy atom. The summed E-state index contributed by atoms with van der Waals surface area (Å²) in [5.74, 6) is 0.976. The van der Waals surface area contributed by atoms with Crippen molar-refractivity contribution in [2.24, 2.45) is 0 Å². The highest BCUT2D eigenvalue weighted by molar-refractivity contribution is 6.21. The molecule has 3 aromatic rings. The fraction of sp³-hybridized carbons (Fsp3) is 0.292. The molecule has 1 saturated heterocycles. The third-order valence-corrected chi connectivity index (χ3v) is 6.02. The average Bonchev–Trinajstić information content (AvgIpc) is 3.37. The van der Waals surface area contributed by atoms with Crippen LogP contribution < -0.4 is 4.74 Å². The van der Waals surface area contributed by atoms with Crippen molar-refractivity contribution in [1.82, 2.24) is 19.9 Å². The molecular formula is C24H22N4O5. The lowest BCUT2D eigenvalue weighted by Crippen LogP contribution is -2.48. The Hall–Kier alpha value is -4.01. The second kappa shape index (κ2) is 8.50. The van der Waals surface area contributed by atoms with E-state index in [1.54, 1.807) is 36.3 Å². The molecule has 168 valence electrons. The Labute approximate surface area is 189 Å². The first kappa shape index (κ1) is 20.9. The zero-order chi connectivity index (χ0) is 22.9. The second-order valence-corrected chi connectivity index (χ2v) is 8.06. The van der Waals surface area contributed by atoms with Crippen molar-refractivity contribution in [2.45, 2.75) is 18.8 Å². The van der Waals surface area contributed by atoms with E-state index in [-0.39, 0.29) is 36.6 Å². The molecule has 1 aromatic heterocycles. The van der Waals surface area contributed by atoms with Crippen molar-refractivity contribution in [2.75, 3.05) is 26.7 Å². The molecule has 0 radical (unpaired) electrons. The molecule has 9 heteroatoms. The van der Waals surface area contributed by atoms with E-state index in [1.807, 2.05) is 24.3 Å². The van der Waals surface area contributed by atoms with Crippen LogP contribution in [0.25, 0.3) is 11.4 Å². The first-order chi connectivity index (χ1) is 16.1. The summed E-state index contributed by atoms with van der Waals surface area (Å²) in [7, 11) is 1.59. The Kier molecular flexibility index (Phi) is 5.37. The van der Waals surface area contributed by atoms with Gasteiger partial charge in [0.15, 0.2) is 0 Å². The molecule has 0 saturated carbocycles. The molecule has 2 aromatic carbocycles. The number of benzene rings is 2. The maximum Gasteiger partial charge on any atom is 0.261 e. The van der Waals surface area contributed by atoms with Crippen LogP contribution in [-0.2, 0) is 4.79 Å². The number of rotatable bonds is 7. The predicted octanol–water partition coefficient (Wildman–Crippen LogP) is 2.75. The third kappa shape index (κ3) is 3.75. The standard InChI is InChI=1S/C24H22N4O5/c1-32-19-10-5-4-9-18(19)21-25-22(33-26-21)15-13-27(14-15)20(29)11-6-12-28-23(30)16-7-2-3-8-17(16)24(28)31/h2-5,7-10,15H,6,11-14H2,1H3. The second-order valence-electron chi connectivity index (χ2n) is 8.06. The predicted molar refractivity (Wildman–Crippen MR) is 117 cm³/mol. The molecule has 3 amide bonds. The number of carbonyl (C=O) groups excluding carboxylic acids is 3. The van der Waals surface area contributed by atoms with E-state index in [0.29, 0.717) is 48.1 Å². The lowest BCUT2D eigenvalue weighted by molar-refractivity contribution is -0.136. The van der Waals surface area contributed by atoms with Gasteiger partial charge in [-0.3, -0.25) is 19.3 Å². The van der Waals surface area contributed by atoms with Gasteiger partial charge in [0, 0.05) is 26.1 Å². The zero-order valence-corrected chi connectivity index (χ0v) is 18.1. The Morgan fingerprint density at radius 2 is 1.67 bits per heavy atom. The van der Waals surface area contributed by atoms with Crippen molar-refractivity contribution >= 4 is 17.7 Å². The maximum absolute atomic E-state index is 12.5. The molecule has 33 heavy (non-hydrogen) atoms. The van der Waals surface area contributed by atoms with Crippen molar-refractivity contribution < 1.29 is 23.6 Å². The number of amides is 3. The van der Waals surface area contributed by atoms with E-state index in [4.69, 9.17) is 9.26 Å². The molecular weight excluding hydrogens is 424 g/mol. The summed E-state index contributed by atoms with van der Waals surface area (Å²) < 4.78 is 10.8. The van der Waals surface area contributed by atoms with Crippen molar-refractivity contribution in [3.63, 3.8) is 0 Å². The van der Waals surface area contributed by atoms with Crippen LogP contribution in [0, 0.1) is 0 Å². The number of methoxy groups -OCH3 is 1. The maximum atomic E-state index is 12.5. The lowest BCUT2D eigenvalue weighted by atomic mass is 9.99. The lowest BCUT2D eigenvalue weighted by Gasteiger charge is -2.37. The number of aromatic nitrogens is 2. The number of carbonyl (C=O) groups is 3. The fourth-order valence-corrected chi connectivity index (χ4v) is 4.17. The molecule has 0 unspecified atom stereocenters. The summed E-state index contributed by atoms with van der Waals surface area (Å²) in [6, 6.07) is 14.2. The van der Waals surface area contributed by atoms with Gasteiger partial charge in [-0.2, -0.15) is 4.98 Å². The van der Waals surface area contributed by atoms with E-state index < -0.39 is 0 Å². The number of ether oxygens (including phenoxy) is 1. The molecule has 0 bridgehead atoms. The number of likely N-dealkylation sites (tertiary alicyclic amines) is 1. The van der Waals surface area contributed by atoms with Gasteiger partial charge >= 0.3 is 0 Å². The van der Waals surface area contributed by atoms with Crippen LogP contribution >= 0.6 is 0 Å². The van der Waals surface area contributed by atoms with Gasteiger partial charge in [0.2, 0.25) is 17.6 Å². The van der Waals surface area contributed by atoms with Gasteiger partial charge in [-0.05, 0) is 30.7 Å². The monoisotopic (exact) mass is 446 g/mol. The summed E-state index contributed by atoms with van der Waals surface area (Å²) in [4.78, 5) is 44.8. The van der Waals surface area contributed by atoms with Gasteiger partial charge < -0.3 is 14.2 Å². The molecule has 2 aliphatic rings. The van der Waals surface area contributed by atoms with Crippen LogP contribution in [0.2, 0.25) is 0 Å². The molecule has 1 fully saturated rings. The summed E-state index contributed by atoms with van der Waals surface area (Å²) in [6.07, 6.45) is 0.681. The van der Waals surface area contributed by atoms with Gasteiger partial charge in [0.05, 0.1) is 29.7 Å². The minimum absolute atomic E-state index is 0.0128. The molecule has 5 rings (SSSR count). The van der Waals surface area contributed by atoms with Crippen molar-refractivity contribution in [3.8, 4) is 17.1 Å². The van der Waals surface area contributed by atoms with Crippen LogP contribution in [0.3, 0.4) is 0 Å². The number of nitrogens with zero attached hydrogens (tertiary/aromatic N) is 4. The molecule has 0 spiro atoms. The van der Waals surface area contributed by atoms with Gasteiger partial charge in [0.25, 0.3) is 11.8 Å². The van der Waals surface area contributed by atoms with E-state index in [9.17, 15) is 14.4 Å². The number of hydrogen-bond donors (Lipinski definition) is 0. The average molecular weight is 446 g/mol. The third-order valence-electron chi connectivity index (χ3n) is 6.02. The Balaban J connectivity index is 1.12. The minimum Gasteiger partial charge on any atom is -0.496 e. The minimum atomic E-state index is -0.297. The van der Waals surface area contributed by atoms with Gasteiger partial charge in [-0.1, -0.05) is 29.4 Å². The number of imide groups is 1. The van der Waals surface area contributed by atoms with Gasteiger partial charge in [0.1, 0.15) is 5.75 Å². The smallest absolute Gasteiger partial charge is 0.261 e. The number of hydrogen-bond acceptors (Lipinski definition) is 7. The van der Waals surface area contributed by atoms with Crippen LogP contribution in [0.15, 0.2) is 53.1 Å². The highest BCUT2D eigenvalue weighted by atomic mass is 16.5. The van der Waals surface area contributed by atoms with Crippen LogP contribution in [0.4, 0.5) is 0 Å². The number of fused-ring (bicyclic) bond motifs is 1. The SMILES string of the molecule is COc1ccccc1-c1noc(C2CN(C(=O)CCCN3C(=O)c4ccccc4C3=O)C2)n1. The van der Waals surface area contributed by atoms with Gasteiger partial charge in [-0.15, -0.1) is 0 Å². The van der Waals surface area contributed by atoms with Crippen molar-refractivity contribution in [3.05, 3.63) is 65.5 Å². The summed E-state index contributed by atoms with van der Waals surface area (Å²) in [5.41, 5.74) is 1.59. The van der Waals surface area contributed by atoms with E-state index >= 15 is 0 Å². The van der Waals surface area contributed by atoms with E-state index in [1.165, 1.54) is 4.90 Å².